The van der Waals surface area contributed by atoms with E-state index in [0.29, 0.717) is 5.92 Å². The molecule has 0 N–H and O–H groups in total. The number of esters is 1. The number of ether oxygens (including phenoxy) is 1. The SMILES string of the molecule is CC(Cc1cccnc1)OC(=O)C1C(C)CCCC1(C)C. The molecule has 0 spiro atoms. The minimum absolute atomic E-state index is 0.0163. The van der Waals surface area contributed by atoms with Crippen molar-refractivity contribution >= 4 is 5.97 Å². The first-order valence-corrected chi connectivity index (χ1v) is 7.99. The van der Waals surface area contributed by atoms with E-state index in [4.69, 9.17) is 4.74 Å². The predicted molar refractivity (Wildman–Crippen MR) is 83.8 cm³/mol. The van der Waals surface area contributed by atoms with Crippen LogP contribution < -0.4 is 0 Å². The number of hydrogen-bond acceptors (Lipinski definition) is 3. The molecule has 1 aliphatic rings. The van der Waals surface area contributed by atoms with Gasteiger partial charge in [0.25, 0.3) is 0 Å². The summed E-state index contributed by atoms with van der Waals surface area (Å²) < 4.78 is 5.73. The van der Waals surface area contributed by atoms with Crippen LogP contribution in [0.5, 0.6) is 0 Å². The lowest BCUT2D eigenvalue weighted by Gasteiger charge is -2.41. The van der Waals surface area contributed by atoms with Crippen LogP contribution in [0.1, 0.15) is 52.5 Å². The molecular formula is C18H27NO2. The zero-order valence-corrected chi connectivity index (χ0v) is 13.6. The summed E-state index contributed by atoms with van der Waals surface area (Å²) in [5.41, 5.74) is 1.15. The van der Waals surface area contributed by atoms with Gasteiger partial charge in [-0.25, -0.2) is 0 Å². The van der Waals surface area contributed by atoms with Crippen molar-refractivity contribution in [2.24, 2.45) is 17.3 Å². The van der Waals surface area contributed by atoms with Gasteiger partial charge in [0.15, 0.2) is 0 Å². The minimum atomic E-state index is -0.105. The van der Waals surface area contributed by atoms with Crippen LogP contribution in [0.2, 0.25) is 0 Å². The normalized spacial score (nSPS) is 26.1. The quantitative estimate of drug-likeness (QED) is 0.786. The summed E-state index contributed by atoms with van der Waals surface area (Å²) in [5, 5.41) is 0. The van der Waals surface area contributed by atoms with Crippen molar-refractivity contribution in [3.05, 3.63) is 30.1 Å². The zero-order chi connectivity index (χ0) is 15.5. The summed E-state index contributed by atoms with van der Waals surface area (Å²) in [6.07, 6.45) is 7.65. The maximum absolute atomic E-state index is 12.6. The van der Waals surface area contributed by atoms with Crippen LogP contribution in [0.15, 0.2) is 24.5 Å². The Kier molecular flexibility index (Phi) is 5.02. The van der Waals surface area contributed by atoms with Crippen LogP contribution >= 0.6 is 0 Å². The summed E-state index contributed by atoms with van der Waals surface area (Å²) in [6.45, 7) is 8.53. The number of aromatic nitrogens is 1. The van der Waals surface area contributed by atoms with Crippen molar-refractivity contribution in [1.82, 2.24) is 4.98 Å². The van der Waals surface area contributed by atoms with Crippen LogP contribution in [0.3, 0.4) is 0 Å². The maximum atomic E-state index is 12.6. The van der Waals surface area contributed by atoms with Gasteiger partial charge in [0.1, 0.15) is 6.10 Å². The lowest BCUT2D eigenvalue weighted by Crippen LogP contribution is -2.41. The second-order valence-corrected chi connectivity index (χ2v) is 7.15. The highest BCUT2D eigenvalue weighted by Crippen LogP contribution is 2.44. The Morgan fingerprint density at radius 2 is 2.29 bits per heavy atom. The van der Waals surface area contributed by atoms with Crippen molar-refractivity contribution < 1.29 is 9.53 Å². The molecule has 0 bridgehead atoms. The topological polar surface area (TPSA) is 39.2 Å². The van der Waals surface area contributed by atoms with Gasteiger partial charge in [0, 0.05) is 18.8 Å². The second kappa shape index (κ2) is 6.59. The molecule has 1 fully saturated rings. The average molecular weight is 289 g/mol. The molecule has 3 unspecified atom stereocenters. The van der Waals surface area contributed by atoms with Crippen LogP contribution in [0.4, 0.5) is 0 Å². The monoisotopic (exact) mass is 289 g/mol. The summed E-state index contributed by atoms with van der Waals surface area (Å²) >= 11 is 0. The third-order valence-corrected chi connectivity index (χ3v) is 4.71. The number of rotatable bonds is 4. The fraction of sp³-hybridized carbons (Fsp3) is 0.667. The van der Waals surface area contributed by atoms with E-state index < -0.39 is 0 Å². The number of carbonyl (C=O) groups is 1. The van der Waals surface area contributed by atoms with E-state index in [1.807, 2.05) is 25.3 Å². The van der Waals surface area contributed by atoms with Crippen LogP contribution in [0, 0.1) is 17.3 Å². The molecule has 3 atom stereocenters. The molecule has 21 heavy (non-hydrogen) atoms. The van der Waals surface area contributed by atoms with Crippen molar-refractivity contribution in [2.45, 2.75) is 59.5 Å². The summed E-state index contributed by atoms with van der Waals surface area (Å²) in [6, 6.07) is 3.93. The molecule has 1 heterocycles. The number of carbonyl (C=O) groups excluding carboxylic acids is 1. The fourth-order valence-electron chi connectivity index (χ4n) is 3.69. The third-order valence-electron chi connectivity index (χ3n) is 4.71. The van der Waals surface area contributed by atoms with Gasteiger partial charge in [-0.15, -0.1) is 0 Å². The largest absolute Gasteiger partial charge is 0.462 e. The predicted octanol–water partition coefficient (Wildman–Crippen LogP) is 4.02. The highest BCUT2D eigenvalue weighted by molar-refractivity contribution is 5.74. The summed E-state index contributed by atoms with van der Waals surface area (Å²) in [4.78, 5) is 16.7. The Morgan fingerprint density at radius 3 is 2.90 bits per heavy atom. The lowest BCUT2D eigenvalue weighted by atomic mass is 9.64. The van der Waals surface area contributed by atoms with Crippen molar-refractivity contribution in [1.29, 1.82) is 0 Å². The molecule has 3 nitrogen and oxygen atoms in total. The minimum Gasteiger partial charge on any atom is -0.462 e. The van der Waals surface area contributed by atoms with E-state index in [0.717, 1.165) is 24.8 Å². The molecule has 1 aliphatic carbocycles. The van der Waals surface area contributed by atoms with E-state index in [2.05, 4.69) is 25.8 Å². The molecule has 1 aromatic heterocycles. The third kappa shape index (κ3) is 4.05. The first-order chi connectivity index (χ1) is 9.90. The molecular weight excluding hydrogens is 262 g/mol. The first-order valence-electron chi connectivity index (χ1n) is 7.99. The van der Waals surface area contributed by atoms with Crippen LogP contribution in [0.25, 0.3) is 0 Å². The smallest absolute Gasteiger partial charge is 0.310 e. The standard InChI is InChI=1S/C18H27NO2/c1-13-7-5-9-18(3,4)16(13)17(20)21-14(2)11-15-8-6-10-19-12-15/h6,8,10,12-14,16H,5,7,9,11H2,1-4H3. The van der Waals surface area contributed by atoms with Gasteiger partial charge in [0.05, 0.1) is 5.92 Å². The average Bonchev–Trinajstić information content (AvgIpc) is 2.38. The van der Waals surface area contributed by atoms with E-state index in [-0.39, 0.29) is 23.4 Å². The maximum Gasteiger partial charge on any atom is 0.310 e. The van der Waals surface area contributed by atoms with Gasteiger partial charge in [-0.3, -0.25) is 9.78 Å². The Morgan fingerprint density at radius 1 is 1.52 bits per heavy atom. The summed E-state index contributed by atoms with van der Waals surface area (Å²) in [7, 11) is 0. The van der Waals surface area contributed by atoms with Crippen LogP contribution in [-0.2, 0) is 16.0 Å². The molecule has 0 aliphatic heterocycles. The number of nitrogens with zero attached hydrogens (tertiary/aromatic N) is 1. The second-order valence-electron chi connectivity index (χ2n) is 7.15. The molecule has 0 saturated heterocycles. The Hall–Kier alpha value is -1.38. The van der Waals surface area contributed by atoms with Gasteiger partial charge in [-0.1, -0.05) is 33.3 Å². The van der Waals surface area contributed by atoms with E-state index >= 15 is 0 Å². The Balaban J connectivity index is 1.96. The molecule has 1 aromatic rings. The van der Waals surface area contributed by atoms with Crippen LogP contribution in [-0.4, -0.2) is 17.1 Å². The van der Waals surface area contributed by atoms with E-state index in [9.17, 15) is 4.79 Å². The van der Waals surface area contributed by atoms with E-state index in [1.54, 1.807) is 6.20 Å². The highest BCUT2D eigenvalue weighted by atomic mass is 16.5. The molecule has 116 valence electrons. The van der Waals surface area contributed by atoms with Gasteiger partial charge >= 0.3 is 5.97 Å². The van der Waals surface area contributed by atoms with Crippen molar-refractivity contribution in [3.63, 3.8) is 0 Å². The van der Waals surface area contributed by atoms with Gasteiger partial charge in [0.2, 0.25) is 0 Å². The van der Waals surface area contributed by atoms with Gasteiger partial charge < -0.3 is 4.74 Å². The summed E-state index contributed by atoms with van der Waals surface area (Å²) in [5.74, 6) is 0.401. The highest BCUT2D eigenvalue weighted by Gasteiger charge is 2.42. The molecule has 1 saturated carbocycles. The molecule has 0 radical (unpaired) electrons. The Bertz CT molecular complexity index is 469. The van der Waals surface area contributed by atoms with Crippen molar-refractivity contribution in [3.8, 4) is 0 Å². The molecule has 2 rings (SSSR count). The molecule has 0 aromatic carbocycles. The van der Waals surface area contributed by atoms with E-state index in [1.165, 1.54) is 6.42 Å². The zero-order valence-electron chi connectivity index (χ0n) is 13.6. The fourth-order valence-corrected chi connectivity index (χ4v) is 3.69. The molecule has 0 amide bonds. The number of pyridine rings is 1. The number of hydrogen-bond donors (Lipinski definition) is 0. The molecule has 3 heteroatoms. The van der Waals surface area contributed by atoms with Gasteiger partial charge in [-0.05, 0) is 42.7 Å². The van der Waals surface area contributed by atoms with Gasteiger partial charge in [-0.2, -0.15) is 0 Å². The Labute approximate surface area is 128 Å². The first kappa shape index (κ1) is 16.0. The lowest BCUT2D eigenvalue weighted by molar-refractivity contribution is -0.162. The van der Waals surface area contributed by atoms with Crippen molar-refractivity contribution in [2.75, 3.05) is 0 Å².